The number of nitrogens with zero attached hydrogens (tertiary/aromatic N) is 1. The number of nitrogens with two attached hydrogens (primary N) is 1. The van der Waals surface area contributed by atoms with Crippen molar-refractivity contribution in [1.82, 2.24) is 0 Å². The van der Waals surface area contributed by atoms with Crippen molar-refractivity contribution >= 4 is 21.2 Å². The highest BCUT2D eigenvalue weighted by molar-refractivity contribution is 7.90. The maximum Gasteiger partial charge on any atom is 0.293 e. The van der Waals surface area contributed by atoms with Crippen molar-refractivity contribution < 1.29 is 13.3 Å². The Kier molecular flexibility index (Phi) is 3.94. The van der Waals surface area contributed by atoms with Crippen LogP contribution in [0.25, 0.3) is 0 Å². The smallest absolute Gasteiger partial charge is 0.293 e. The first-order valence-corrected chi connectivity index (χ1v) is 8.51. The Bertz CT molecular complexity index is 666. The summed E-state index contributed by atoms with van der Waals surface area (Å²) in [6.45, 7) is 2.31. The highest BCUT2D eigenvalue weighted by Crippen LogP contribution is 2.38. The fraction of sp³-hybridized carbons (Fsp3) is 0.538. The van der Waals surface area contributed by atoms with Crippen LogP contribution in [0, 0.1) is 16.0 Å². The molecule has 116 valence electrons. The quantitative estimate of drug-likeness (QED) is 0.608. The second-order valence-corrected chi connectivity index (χ2v) is 7.86. The fourth-order valence-corrected chi connectivity index (χ4v) is 2.86. The Morgan fingerprint density at radius 2 is 2.10 bits per heavy atom. The number of hydrogen-bond acceptors (Lipinski definition) is 6. The van der Waals surface area contributed by atoms with Gasteiger partial charge in [-0.15, -0.1) is 0 Å². The van der Waals surface area contributed by atoms with Crippen LogP contribution >= 0.6 is 0 Å². The second-order valence-electron chi connectivity index (χ2n) is 5.84. The predicted octanol–water partition coefficient (Wildman–Crippen LogP) is 1.54. The van der Waals surface area contributed by atoms with Gasteiger partial charge in [-0.05, 0) is 37.8 Å². The normalized spacial score (nSPS) is 18.0. The van der Waals surface area contributed by atoms with E-state index in [1.807, 2.05) is 6.92 Å². The summed E-state index contributed by atoms with van der Waals surface area (Å²) in [5, 5.41) is 14.1. The van der Waals surface area contributed by atoms with E-state index in [2.05, 4.69) is 5.32 Å². The number of nitro groups is 1. The third-order valence-corrected chi connectivity index (χ3v) is 4.87. The minimum Gasteiger partial charge on any atom is -0.378 e. The summed E-state index contributed by atoms with van der Waals surface area (Å²) in [7, 11) is -3.48. The van der Waals surface area contributed by atoms with E-state index in [4.69, 9.17) is 5.73 Å². The van der Waals surface area contributed by atoms with E-state index in [0.717, 1.165) is 25.2 Å². The van der Waals surface area contributed by atoms with Gasteiger partial charge in [0.15, 0.2) is 9.84 Å². The second kappa shape index (κ2) is 5.27. The SMILES string of the molecule is C[C@@](N)(CNc1ccc(S(C)(=O)=O)cc1[N+](=O)[O-])C1CC1. The van der Waals surface area contributed by atoms with E-state index in [-0.39, 0.29) is 16.3 Å². The van der Waals surface area contributed by atoms with Crippen LogP contribution in [0.2, 0.25) is 0 Å². The van der Waals surface area contributed by atoms with Crippen LogP contribution < -0.4 is 11.1 Å². The van der Waals surface area contributed by atoms with Crippen LogP contribution in [0.3, 0.4) is 0 Å². The predicted molar refractivity (Wildman–Crippen MR) is 80.0 cm³/mol. The maximum absolute atomic E-state index is 11.5. The molecule has 3 N–H and O–H groups in total. The van der Waals surface area contributed by atoms with Crippen molar-refractivity contribution in [1.29, 1.82) is 0 Å². The molecule has 1 aromatic carbocycles. The average Bonchev–Trinajstić information content (AvgIpc) is 3.19. The molecule has 0 amide bonds. The third-order valence-electron chi connectivity index (χ3n) is 3.76. The van der Waals surface area contributed by atoms with Gasteiger partial charge in [-0.2, -0.15) is 0 Å². The van der Waals surface area contributed by atoms with Gasteiger partial charge in [-0.3, -0.25) is 10.1 Å². The molecule has 1 aliphatic rings. The van der Waals surface area contributed by atoms with Gasteiger partial charge in [0.25, 0.3) is 5.69 Å². The summed E-state index contributed by atoms with van der Waals surface area (Å²) in [6, 6.07) is 3.84. The highest BCUT2D eigenvalue weighted by atomic mass is 32.2. The number of benzene rings is 1. The molecule has 0 radical (unpaired) electrons. The van der Waals surface area contributed by atoms with Crippen LogP contribution in [0.15, 0.2) is 23.1 Å². The van der Waals surface area contributed by atoms with E-state index in [0.29, 0.717) is 12.5 Å². The zero-order valence-corrected chi connectivity index (χ0v) is 12.8. The molecule has 21 heavy (non-hydrogen) atoms. The summed E-state index contributed by atoms with van der Waals surface area (Å²) in [6.07, 6.45) is 3.16. The minimum atomic E-state index is -3.48. The Labute approximate surface area is 123 Å². The molecular weight excluding hydrogens is 294 g/mol. The first-order valence-electron chi connectivity index (χ1n) is 6.62. The lowest BCUT2D eigenvalue weighted by molar-refractivity contribution is -0.384. The van der Waals surface area contributed by atoms with Crippen molar-refractivity contribution in [3.63, 3.8) is 0 Å². The van der Waals surface area contributed by atoms with E-state index in [1.165, 1.54) is 12.1 Å². The van der Waals surface area contributed by atoms with Crippen molar-refractivity contribution in [2.24, 2.45) is 11.7 Å². The topological polar surface area (TPSA) is 115 Å². The van der Waals surface area contributed by atoms with Gasteiger partial charge in [-0.25, -0.2) is 8.42 Å². The van der Waals surface area contributed by atoms with E-state index >= 15 is 0 Å². The summed E-state index contributed by atoms with van der Waals surface area (Å²) < 4.78 is 22.9. The third kappa shape index (κ3) is 3.70. The lowest BCUT2D eigenvalue weighted by Gasteiger charge is -2.25. The van der Waals surface area contributed by atoms with E-state index in [1.54, 1.807) is 0 Å². The maximum atomic E-state index is 11.5. The molecule has 0 aliphatic heterocycles. The number of sulfone groups is 1. The number of nitrogens with one attached hydrogen (secondary N) is 1. The molecular formula is C13H19N3O4S. The van der Waals surface area contributed by atoms with Crippen molar-refractivity contribution in [2.75, 3.05) is 18.1 Å². The monoisotopic (exact) mass is 313 g/mol. The van der Waals surface area contributed by atoms with Crippen molar-refractivity contribution in [3.8, 4) is 0 Å². The van der Waals surface area contributed by atoms with Crippen molar-refractivity contribution in [3.05, 3.63) is 28.3 Å². The number of hydrogen-bond donors (Lipinski definition) is 2. The summed E-state index contributed by atoms with van der Waals surface area (Å²) in [5.41, 5.74) is 5.76. The highest BCUT2D eigenvalue weighted by Gasteiger charge is 2.38. The van der Waals surface area contributed by atoms with Crippen LogP contribution in [0.5, 0.6) is 0 Å². The molecule has 0 heterocycles. The first-order chi connectivity index (χ1) is 9.61. The Balaban J connectivity index is 2.24. The van der Waals surface area contributed by atoms with Gasteiger partial charge >= 0.3 is 0 Å². The van der Waals surface area contributed by atoms with Gasteiger partial charge in [0.2, 0.25) is 0 Å². The molecule has 1 saturated carbocycles. The molecule has 1 atom stereocenters. The molecule has 1 fully saturated rings. The lowest BCUT2D eigenvalue weighted by Crippen LogP contribution is -2.45. The molecule has 0 bridgehead atoms. The fourth-order valence-electron chi connectivity index (χ4n) is 2.22. The zero-order chi connectivity index (χ0) is 15.8. The summed E-state index contributed by atoms with van der Waals surface area (Å²) >= 11 is 0. The molecule has 8 heteroatoms. The van der Waals surface area contributed by atoms with E-state index in [9.17, 15) is 18.5 Å². The molecule has 2 rings (SSSR count). The van der Waals surface area contributed by atoms with Crippen molar-refractivity contribution in [2.45, 2.75) is 30.2 Å². The van der Waals surface area contributed by atoms with Crippen LogP contribution in [0.4, 0.5) is 11.4 Å². The summed E-state index contributed by atoms with van der Waals surface area (Å²) in [4.78, 5) is 10.4. The van der Waals surface area contributed by atoms with Crippen LogP contribution in [0.1, 0.15) is 19.8 Å². The largest absolute Gasteiger partial charge is 0.378 e. The number of anilines is 1. The number of nitro benzene ring substituents is 1. The molecule has 0 saturated heterocycles. The van der Waals surface area contributed by atoms with E-state index < -0.39 is 20.3 Å². The lowest BCUT2D eigenvalue weighted by atomic mass is 9.97. The van der Waals surface area contributed by atoms with Gasteiger partial charge in [0.1, 0.15) is 5.69 Å². The molecule has 7 nitrogen and oxygen atoms in total. The average molecular weight is 313 g/mol. The van der Waals surface area contributed by atoms with Gasteiger partial charge in [-0.1, -0.05) is 0 Å². The van der Waals surface area contributed by atoms with Gasteiger partial charge in [0.05, 0.1) is 9.82 Å². The summed E-state index contributed by atoms with van der Waals surface area (Å²) in [5.74, 6) is 0.430. The standard InChI is InChI=1S/C13H19N3O4S/c1-13(14,9-3-4-9)8-15-11-6-5-10(21(2,19)20)7-12(11)16(17)18/h5-7,9,15H,3-4,8,14H2,1-2H3/t13-/m1/s1. The van der Waals surface area contributed by atoms with Crippen LogP contribution in [-0.4, -0.2) is 31.7 Å². The molecule has 0 unspecified atom stereocenters. The number of rotatable bonds is 6. The molecule has 0 spiro atoms. The first kappa shape index (κ1) is 15.7. The molecule has 1 aromatic rings. The Morgan fingerprint density at radius 3 is 2.57 bits per heavy atom. The minimum absolute atomic E-state index is 0.0718. The van der Waals surface area contributed by atoms with Crippen LogP contribution in [-0.2, 0) is 9.84 Å². The molecule has 1 aliphatic carbocycles. The van der Waals surface area contributed by atoms with Gasteiger partial charge in [0, 0.05) is 24.4 Å². The molecule has 0 aromatic heterocycles. The Hall–Kier alpha value is -1.67. The van der Waals surface area contributed by atoms with Gasteiger partial charge < -0.3 is 11.1 Å². The Morgan fingerprint density at radius 1 is 1.48 bits per heavy atom. The zero-order valence-electron chi connectivity index (χ0n) is 12.0.